The van der Waals surface area contributed by atoms with Crippen molar-refractivity contribution in [2.45, 2.75) is 24.2 Å². The van der Waals surface area contributed by atoms with E-state index in [0.717, 1.165) is 31.4 Å². The van der Waals surface area contributed by atoms with Gasteiger partial charge in [0.05, 0.1) is 26.5 Å². The van der Waals surface area contributed by atoms with Gasteiger partial charge >= 0.3 is 5.97 Å². The highest BCUT2D eigenvalue weighted by molar-refractivity contribution is 7.89. The lowest BCUT2D eigenvalue weighted by Gasteiger charge is -2.22. The third-order valence-corrected chi connectivity index (χ3v) is 4.88. The smallest absolute Gasteiger partial charge is 0.309 e. The van der Waals surface area contributed by atoms with E-state index in [9.17, 15) is 18.0 Å². The zero-order valence-electron chi connectivity index (χ0n) is 11.8. The fourth-order valence-electron chi connectivity index (χ4n) is 1.91. The maximum absolute atomic E-state index is 11.8. The molecule has 0 unspecified atom stereocenters. The Labute approximate surface area is 143 Å². The number of nitrogens with two attached hydrogens (primary N) is 1. The van der Waals surface area contributed by atoms with E-state index in [0.29, 0.717) is 0 Å². The fourth-order valence-corrected chi connectivity index (χ4v) is 3.18. The second-order valence-electron chi connectivity index (χ2n) is 5.09. The molecule has 1 aliphatic carbocycles. The number of carbonyl (C=O) groups excluding carboxylic acids is 2. The topological polar surface area (TPSA) is 116 Å². The van der Waals surface area contributed by atoms with Crippen molar-refractivity contribution in [3.05, 3.63) is 22.2 Å². The zero-order chi connectivity index (χ0) is 17.2. The molecule has 1 saturated carbocycles. The number of hydrogen-bond donors (Lipinski definition) is 2. The van der Waals surface area contributed by atoms with Crippen LogP contribution in [0.4, 0.5) is 5.69 Å². The Morgan fingerprint density at radius 1 is 1.26 bits per heavy atom. The van der Waals surface area contributed by atoms with E-state index >= 15 is 0 Å². The number of rotatable bonds is 5. The van der Waals surface area contributed by atoms with E-state index in [2.05, 4.69) is 5.32 Å². The summed E-state index contributed by atoms with van der Waals surface area (Å²) in [6.45, 7) is -0.473. The molecule has 1 aliphatic rings. The molecular weight excluding hydrogens is 367 g/mol. The summed E-state index contributed by atoms with van der Waals surface area (Å²) in [6.07, 6.45) is 2.52. The number of ether oxygens (including phenoxy) is 1. The van der Waals surface area contributed by atoms with Gasteiger partial charge in [-0.05, 0) is 25.0 Å². The van der Waals surface area contributed by atoms with Crippen LogP contribution in [0.3, 0.4) is 0 Å². The number of anilines is 1. The minimum absolute atomic E-state index is 0.0189. The first-order valence-corrected chi connectivity index (χ1v) is 8.97. The molecule has 0 bridgehead atoms. The summed E-state index contributed by atoms with van der Waals surface area (Å²) in [6, 6.07) is 2.14. The molecule has 0 heterocycles. The van der Waals surface area contributed by atoms with Gasteiger partial charge in [0.25, 0.3) is 5.91 Å². The lowest BCUT2D eigenvalue weighted by atomic mass is 9.86. The number of amides is 1. The summed E-state index contributed by atoms with van der Waals surface area (Å²) in [4.78, 5) is 23.0. The zero-order valence-corrected chi connectivity index (χ0v) is 14.2. The Bertz CT molecular complexity index is 724. The highest BCUT2D eigenvalue weighted by Gasteiger charge is 2.27. The average molecular weight is 381 g/mol. The molecule has 0 aliphatic heterocycles. The summed E-state index contributed by atoms with van der Waals surface area (Å²) >= 11 is 11.8. The minimum atomic E-state index is -3.97. The molecule has 2 rings (SSSR count). The Balaban J connectivity index is 2.01. The summed E-state index contributed by atoms with van der Waals surface area (Å²) in [5, 5.41) is 7.16. The first kappa shape index (κ1) is 18.0. The molecule has 0 saturated heterocycles. The molecule has 7 nitrogen and oxygen atoms in total. The molecular formula is C13H14Cl2N2O5S. The largest absolute Gasteiger partial charge is 0.455 e. The Morgan fingerprint density at radius 2 is 1.83 bits per heavy atom. The second-order valence-corrected chi connectivity index (χ2v) is 7.47. The molecule has 0 spiro atoms. The highest BCUT2D eigenvalue weighted by Crippen LogP contribution is 2.33. The van der Waals surface area contributed by atoms with E-state index in [4.69, 9.17) is 33.1 Å². The van der Waals surface area contributed by atoms with Crippen LogP contribution in [-0.4, -0.2) is 26.9 Å². The number of esters is 1. The van der Waals surface area contributed by atoms with Crippen molar-refractivity contribution in [2.75, 3.05) is 11.9 Å². The van der Waals surface area contributed by atoms with Crippen LogP contribution < -0.4 is 10.5 Å². The summed E-state index contributed by atoms with van der Waals surface area (Å²) in [5.74, 6) is -1.18. The van der Waals surface area contributed by atoms with Crippen LogP contribution in [0.1, 0.15) is 19.3 Å². The Morgan fingerprint density at radius 3 is 2.26 bits per heavy atom. The molecule has 23 heavy (non-hydrogen) atoms. The van der Waals surface area contributed by atoms with Gasteiger partial charge in [-0.1, -0.05) is 29.6 Å². The molecule has 0 aromatic heterocycles. The molecule has 3 N–H and O–H groups in total. The van der Waals surface area contributed by atoms with Gasteiger partial charge in [0.1, 0.15) is 0 Å². The molecule has 1 fully saturated rings. The van der Waals surface area contributed by atoms with Crippen molar-refractivity contribution < 1.29 is 22.7 Å². The van der Waals surface area contributed by atoms with Crippen LogP contribution >= 0.6 is 23.2 Å². The molecule has 1 amide bonds. The molecule has 126 valence electrons. The fraction of sp³-hybridized carbons (Fsp3) is 0.385. The van der Waals surface area contributed by atoms with E-state index < -0.39 is 28.5 Å². The van der Waals surface area contributed by atoms with Crippen LogP contribution in [0.15, 0.2) is 17.0 Å². The minimum Gasteiger partial charge on any atom is -0.455 e. The standard InChI is InChI=1S/C13H14Cl2N2O5S/c14-9-4-8(23(16,20)21)5-10(15)12(9)17-11(18)6-22-13(19)7-2-1-3-7/h4-5,7H,1-3,6H2,(H,17,18)(H2,16,20,21). The van der Waals surface area contributed by atoms with Crippen LogP contribution in [0, 0.1) is 5.92 Å². The van der Waals surface area contributed by atoms with E-state index in [1.165, 1.54) is 0 Å². The van der Waals surface area contributed by atoms with Crippen LogP contribution in [0.5, 0.6) is 0 Å². The predicted octanol–water partition coefficient (Wildman–Crippen LogP) is 1.92. The maximum atomic E-state index is 11.8. The lowest BCUT2D eigenvalue weighted by molar-refractivity contribution is -0.154. The van der Waals surface area contributed by atoms with Gasteiger partial charge in [-0.3, -0.25) is 9.59 Å². The number of hydrogen-bond acceptors (Lipinski definition) is 5. The van der Waals surface area contributed by atoms with Crippen LogP contribution in [-0.2, 0) is 24.3 Å². The Kier molecular flexibility index (Phi) is 5.51. The third kappa shape index (κ3) is 4.57. The molecule has 0 atom stereocenters. The third-order valence-electron chi connectivity index (χ3n) is 3.39. The molecule has 0 radical (unpaired) electrons. The quantitative estimate of drug-likeness (QED) is 0.756. The van der Waals surface area contributed by atoms with Crippen molar-refractivity contribution in [3.63, 3.8) is 0 Å². The second kappa shape index (κ2) is 7.04. The molecule has 1 aromatic rings. The monoisotopic (exact) mass is 380 g/mol. The van der Waals surface area contributed by atoms with Crippen LogP contribution in [0.25, 0.3) is 0 Å². The number of sulfonamides is 1. The van der Waals surface area contributed by atoms with Gasteiger partial charge in [-0.15, -0.1) is 0 Å². The van der Waals surface area contributed by atoms with E-state index in [-0.39, 0.29) is 26.5 Å². The van der Waals surface area contributed by atoms with Gasteiger partial charge in [-0.25, -0.2) is 13.6 Å². The van der Waals surface area contributed by atoms with E-state index in [1.807, 2.05) is 0 Å². The van der Waals surface area contributed by atoms with Gasteiger partial charge in [-0.2, -0.15) is 0 Å². The van der Waals surface area contributed by atoms with E-state index in [1.54, 1.807) is 0 Å². The number of carbonyl (C=O) groups is 2. The van der Waals surface area contributed by atoms with Crippen molar-refractivity contribution in [3.8, 4) is 0 Å². The van der Waals surface area contributed by atoms with Crippen molar-refractivity contribution in [2.24, 2.45) is 11.1 Å². The molecule has 1 aromatic carbocycles. The van der Waals surface area contributed by atoms with Crippen molar-refractivity contribution in [1.82, 2.24) is 0 Å². The highest BCUT2D eigenvalue weighted by atomic mass is 35.5. The normalized spacial score (nSPS) is 14.9. The van der Waals surface area contributed by atoms with Gasteiger partial charge in [0, 0.05) is 0 Å². The number of primary sulfonamides is 1. The first-order chi connectivity index (χ1) is 10.7. The SMILES string of the molecule is NS(=O)(=O)c1cc(Cl)c(NC(=O)COC(=O)C2CCC2)c(Cl)c1. The molecule has 10 heteroatoms. The number of nitrogens with one attached hydrogen (secondary N) is 1. The first-order valence-electron chi connectivity index (χ1n) is 6.67. The average Bonchev–Trinajstić information content (AvgIpc) is 2.37. The summed E-state index contributed by atoms with van der Waals surface area (Å²) < 4.78 is 27.4. The number of benzene rings is 1. The predicted molar refractivity (Wildman–Crippen MR) is 84.8 cm³/mol. The van der Waals surface area contributed by atoms with Crippen molar-refractivity contribution in [1.29, 1.82) is 0 Å². The summed E-state index contributed by atoms with van der Waals surface area (Å²) in [7, 11) is -3.97. The maximum Gasteiger partial charge on any atom is 0.309 e. The van der Waals surface area contributed by atoms with Gasteiger partial charge in [0.2, 0.25) is 10.0 Å². The summed E-state index contributed by atoms with van der Waals surface area (Å²) in [5.41, 5.74) is 0.0189. The van der Waals surface area contributed by atoms with Gasteiger partial charge < -0.3 is 10.1 Å². The Hall–Kier alpha value is -1.35. The van der Waals surface area contributed by atoms with Crippen molar-refractivity contribution >= 4 is 50.8 Å². The number of halogens is 2. The van der Waals surface area contributed by atoms with Gasteiger partial charge in [0.15, 0.2) is 6.61 Å². The lowest BCUT2D eigenvalue weighted by Crippen LogP contribution is -2.28. The van der Waals surface area contributed by atoms with Crippen LogP contribution in [0.2, 0.25) is 10.0 Å².